The maximum Gasteiger partial charge on any atom is 0.416 e. The first kappa shape index (κ1) is 39.4. The number of ether oxygens (including phenoxy) is 3. The van der Waals surface area contributed by atoms with E-state index in [1.807, 2.05) is 6.07 Å². The number of carbonyl (C=O) groups is 1. The summed E-state index contributed by atoms with van der Waals surface area (Å²) in [5.74, 6) is 1.06. The Labute approximate surface area is 309 Å². The Hall–Kier alpha value is -3.36. The summed E-state index contributed by atoms with van der Waals surface area (Å²) in [7, 11) is 1.52. The van der Waals surface area contributed by atoms with Gasteiger partial charge in [-0.1, -0.05) is 12.1 Å². The lowest BCUT2D eigenvalue weighted by Crippen LogP contribution is -2.46. The minimum atomic E-state index is -4.42. The second-order valence-corrected chi connectivity index (χ2v) is 14.9. The molecule has 0 radical (unpaired) electrons. The minimum absolute atomic E-state index is 0. The van der Waals surface area contributed by atoms with Gasteiger partial charge in [-0.15, -0.1) is 47.9 Å². The van der Waals surface area contributed by atoms with Gasteiger partial charge in [-0.3, -0.25) is 9.69 Å². The summed E-state index contributed by atoms with van der Waals surface area (Å²) < 4.78 is 56.0. The van der Waals surface area contributed by atoms with Crippen LogP contribution >= 0.6 is 47.9 Å². The van der Waals surface area contributed by atoms with E-state index in [1.54, 1.807) is 32.0 Å². The molecule has 8 nitrogen and oxygen atoms in total. The molecule has 3 heterocycles. The van der Waals surface area contributed by atoms with Crippen LogP contribution in [-0.2, 0) is 30.5 Å². The number of carboxylic acid groups (broad SMARTS) is 1. The molecule has 1 N–H and O–H groups in total. The molecule has 6 rings (SSSR count). The molecule has 0 spiro atoms. The van der Waals surface area contributed by atoms with Gasteiger partial charge in [-0.2, -0.15) is 13.2 Å². The number of anilines is 1. The Kier molecular flexibility index (Phi) is 12.9. The molecule has 0 amide bonds. The number of thiazole rings is 1. The lowest BCUT2D eigenvalue weighted by Gasteiger charge is -2.36. The van der Waals surface area contributed by atoms with Crippen LogP contribution in [0.15, 0.2) is 65.6 Å². The van der Waals surface area contributed by atoms with E-state index in [1.165, 1.54) is 53.6 Å². The highest BCUT2D eigenvalue weighted by Crippen LogP contribution is 2.41. The standard InChI is InChI=1S/C35H36F3N3O5S2.2ClH/c1-34(2,33(42)43)48-30-11-9-26(19-29(30)44-3)46-21-31-27(39-32(47-31)22-4-6-24(7-5-22)35(36,37)38)20-40-13-15-41(16-14-40)25-8-10-28-23(18-25)12-17-45-28;;/h4-11,18-19H,12-17,20-21H2,1-3H3,(H,42,43);2*1H. The topological polar surface area (TPSA) is 84.4 Å². The van der Waals surface area contributed by atoms with E-state index >= 15 is 0 Å². The Morgan fingerprint density at radius 1 is 1.02 bits per heavy atom. The van der Waals surface area contributed by atoms with Crippen molar-refractivity contribution < 1.29 is 37.3 Å². The Balaban J connectivity index is 0.00000281. The fourth-order valence-electron chi connectivity index (χ4n) is 5.58. The van der Waals surface area contributed by atoms with Crippen molar-refractivity contribution in [3.05, 3.63) is 82.4 Å². The van der Waals surface area contributed by atoms with E-state index in [0.717, 1.165) is 67.7 Å². The molecule has 0 aliphatic carbocycles. The van der Waals surface area contributed by atoms with E-state index in [9.17, 15) is 23.1 Å². The first-order chi connectivity index (χ1) is 22.9. The zero-order chi connectivity index (χ0) is 34.1. The van der Waals surface area contributed by atoms with Gasteiger partial charge in [-0.25, -0.2) is 4.98 Å². The van der Waals surface area contributed by atoms with Crippen LogP contribution in [0.5, 0.6) is 17.2 Å². The van der Waals surface area contributed by atoms with Crippen molar-refractivity contribution >= 4 is 59.6 Å². The fraction of sp³-hybridized carbons (Fsp3) is 0.371. The SMILES string of the molecule is COc1cc(OCc2sc(-c3ccc(C(F)(F)F)cc3)nc2CN2CCN(c3ccc4c(c3)CCO4)CC2)ccc1SC(C)(C)C(=O)O.Cl.Cl. The summed E-state index contributed by atoms with van der Waals surface area (Å²) in [4.78, 5) is 22.8. The molecular weight excluding hydrogens is 734 g/mol. The normalized spacial score (nSPS) is 14.6. The number of nitrogens with zero attached hydrogens (tertiary/aromatic N) is 3. The first-order valence-corrected chi connectivity index (χ1v) is 17.2. The van der Waals surface area contributed by atoms with Crippen LogP contribution in [0.1, 0.15) is 35.5 Å². The highest BCUT2D eigenvalue weighted by atomic mass is 35.5. The van der Waals surface area contributed by atoms with Gasteiger partial charge in [0, 0.05) is 56.5 Å². The highest BCUT2D eigenvalue weighted by Gasteiger charge is 2.31. The Morgan fingerprint density at radius 3 is 2.40 bits per heavy atom. The average Bonchev–Trinajstić information content (AvgIpc) is 3.70. The van der Waals surface area contributed by atoms with E-state index in [2.05, 4.69) is 21.9 Å². The van der Waals surface area contributed by atoms with Crippen LogP contribution in [-0.4, -0.2) is 65.6 Å². The van der Waals surface area contributed by atoms with E-state index < -0.39 is 22.5 Å². The zero-order valence-electron chi connectivity index (χ0n) is 27.6. The predicted molar refractivity (Wildman–Crippen MR) is 195 cm³/mol. The zero-order valence-corrected chi connectivity index (χ0v) is 30.9. The summed E-state index contributed by atoms with van der Waals surface area (Å²) in [5, 5.41) is 10.2. The average molecular weight is 773 g/mol. The summed E-state index contributed by atoms with van der Waals surface area (Å²) >= 11 is 2.58. The van der Waals surface area contributed by atoms with E-state index in [-0.39, 0.29) is 31.4 Å². The molecule has 4 aromatic rings. The Morgan fingerprint density at radius 2 is 1.74 bits per heavy atom. The molecule has 0 atom stereocenters. The number of rotatable bonds is 11. The quantitative estimate of drug-likeness (QED) is 0.151. The van der Waals surface area contributed by atoms with Gasteiger partial charge in [0.2, 0.25) is 0 Å². The number of aliphatic carboxylic acids is 1. The molecule has 1 aromatic heterocycles. The number of halogens is 5. The monoisotopic (exact) mass is 771 g/mol. The smallest absolute Gasteiger partial charge is 0.416 e. The number of thioether (sulfide) groups is 1. The van der Waals surface area contributed by atoms with Crippen LogP contribution in [0.2, 0.25) is 0 Å². The number of piperazine rings is 1. The van der Waals surface area contributed by atoms with Gasteiger partial charge in [-0.05, 0) is 61.9 Å². The van der Waals surface area contributed by atoms with Gasteiger partial charge in [0.15, 0.2) is 0 Å². The van der Waals surface area contributed by atoms with E-state index in [4.69, 9.17) is 19.2 Å². The van der Waals surface area contributed by atoms with Gasteiger partial charge in [0.25, 0.3) is 0 Å². The third-order valence-electron chi connectivity index (χ3n) is 8.41. The van der Waals surface area contributed by atoms with Crippen molar-refractivity contribution in [1.82, 2.24) is 9.88 Å². The van der Waals surface area contributed by atoms with Crippen molar-refractivity contribution in [2.45, 2.75) is 49.2 Å². The lowest BCUT2D eigenvalue weighted by atomic mass is 10.1. The van der Waals surface area contributed by atoms with Gasteiger partial charge >= 0.3 is 12.1 Å². The first-order valence-electron chi connectivity index (χ1n) is 15.5. The molecule has 1 fully saturated rings. The van der Waals surface area contributed by atoms with Crippen molar-refractivity contribution in [2.75, 3.05) is 44.8 Å². The van der Waals surface area contributed by atoms with Gasteiger partial charge in [0.1, 0.15) is 33.6 Å². The summed E-state index contributed by atoms with van der Waals surface area (Å²) in [6.07, 6.45) is -3.49. The summed E-state index contributed by atoms with van der Waals surface area (Å²) in [5.41, 5.74) is 3.16. The van der Waals surface area contributed by atoms with Crippen molar-refractivity contribution in [2.24, 2.45) is 0 Å². The van der Waals surface area contributed by atoms with Crippen molar-refractivity contribution in [1.29, 1.82) is 0 Å². The fourth-order valence-corrected chi connectivity index (χ4v) is 7.59. The highest BCUT2D eigenvalue weighted by molar-refractivity contribution is 8.01. The number of alkyl halides is 3. The van der Waals surface area contributed by atoms with Crippen LogP contribution in [0.4, 0.5) is 18.9 Å². The molecule has 0 unspecified atom stereocenters. The second-order valence-electron chi connectivity index (χ2n) is 12.1. The number of aromatic nitrogens is 1. The molecule has 0 saturated carbocycles. The third kappa shape index (κ3) is 9.10. The lowest BCUT2D eigenvalue weighted by molar-refractivity contribution is -0.139. The number of benzene rings is 3. The van der Waals surface area contributed by atoms with Gasteiger partial charge in [0.05, 0.1) is 34.7 Å². The molecule has 0 bridgehead atoms. The molecule has 2 aliphatic heterocycles. The van der Waals surface area contributed by atoms with Crippen LogP contribution < -0.4 is 19.1 Å². The van der Waals surface area contributed by atoms with Crippen LogP contribution in [0.25, 0.3) is 10.6 Å². The molecular formula is C35H38Cl2F3N3O5S2. The Bertz CT molecular complexity index is 1780. The number of fused-ring (bicyclic) bond motifs is 1. The molecule has 2 aliphatic rings. The molecule has 270 valence electrons. The number of hydrogen-bond donors (Lipinski definition) is 1. The number of hydrogen-bond acceptors (Lipinski definition) is 9. The van der Waals surface area contributed by atoms with Crippen molar-refractivity contribution in [3.63, 3.8) is 0 Å². The maximum atomic E-state index is 13.2. The predicted octanol–water partition coefficient (Wildman–Crippen LogP) is 8.47. The molecule has 1 saturated heterocycles. The summed E-state index contributed by atoms with van der Waals surface area (Å²) in [6, 6.07) is 16.7. The number of methoxy groups -OCH3 is 1. The molecule has 3 aromatic carbocycles. The summed E-state index contributed by atoms with van der Waals surface area (Å²) in [6.45, 7) is 8.11. The van der Waals surface area contributed by atoms with Gasteiger partial charge < -0.3 is 24.2 Å². The molecule has 50 heavy (non-hydrogen) atoms. The minimum Gasteiger partial charge on any atom is -0.495 e. The third-order valence-corrected chi connectivity index (χ3v) is 10.8. The molecule has 15 heteroatoms. The maximum absolute atomic E-state index is 13.2. The second kappa shape index (κ2) is 16.3. The van der Waals surface area contributed by atoms with Crippen molar-refractivity contribution in [3.8, 4) is 27.8 Å². The largest absolute Gasteiger partial charge is 0.495 e. The van der Waals surface area contributed by atoms with Crippen LogP contribution in [0.3, 0.4) is 0 Å². The van der Waals surface area contributed by atoms with Crippen LogP contribution in [0, 0.1) is 0 Å². The number of carboxylic acids is 1. The van der Waals surface area contributed by atoms with E-state index in [0.29, 0.717) is 33.5 Å².